The van der Waals surface area contributed by atoms with Gasteiger partial charge in [-0.3, -0.25) is 4.79 Å². The quantitative estimate of drug-likeness (QED) is 0.847. The fourth-order valence-electron chi connectivity index (χ4n) is 1.64. The van der Waals surface area contributed by atoms with Gasteiger partial charge >= 0.3 is 0 Å². The van der Waals surface area contributed by atoms with Crippen molar-refractivity contribution in [1.29, 1.82) is 0 Å². The first-order valence-electron chi connectivity index (χ1n) is 5.50. The molecule has 0 fully saturated rings. The van der Waals surface area contributed by atoms with Crippen LogP contribution in [0.5, 0.6) is 0 Å². The van der Waals surface area contributed by atoms with Crippen LogP contribution in [-0.4, -0.2) is 26.0 Å². The molecule has 0 aliphatic rings. The molecule has 0 aliphatic heterocycles. The van der Waals surface area contributed by atoms with Gasteiger partial charge in [0, 0.05) is 31.4 Å². The number of hydrogen-bond acceptors (Lipinski definition) is 2. The number of anilines is 1. The summed E-state index contributed by atoms with van der Waals surface area (Å²) < 4.78 is 0. The molecule has 3 heteroatoms. The molecule has 1 rings (SSSR count). The van der Waals surface area contributed by atoms with Crippen molar-refractivity contribution in [3.63, 3.8) is 0 Å². The maximum atomic E-state index is 11.8. The summed E-state index contributed by atoms with van der Waals surface area (Å²) in [6.45, 7) is 5.93. The predicted octanol–water partition coefficient (Wildman–Crippen LogP) is 2.20. The number of carbonyl (C=O) groups is 1. The van der Waals surface area contributed by atoms with Crippen LogP contribution in [0.25, 0.3) is 0 Å². The average Bonchev–Trinajstić information content (AvgIpc) is 2.15. The molecule has 0 unspecified atom stereocenters. The van der Waals surface area contributed by atoms with E-state index in [1.54, 1.807) is 0 Å². The molecule has 16 heavy (non-hydrogen) atoms. The zero-order chi connectivity index (χ0) is 12.3. The number of nitrogens with zero attached hydrogens (tertiary/aromatic N) is 1. The van der Waals surface area contributed by atoms with Crippen LogP contribution in [0.15, 0.2) is 18.2 Å². The highest BCUT2D eigenvalue weighted by atomic mass is 16.1. The zero-order valence-corrected chi connectivity index (χ0v) is 10.7. The Morgan fingerprint density at radius 1 is 1.31 bits per heavy atom. The monoisotopic (exact) mass is 220 g/mol. The van der Waals surface area contributed by atoms with Crippen molar-refractivity contribution < 1.29 is 4.79 Å². The minimum absolute atomic E-state index is 0.0107. The van der Waals surface area contributed by atoms with E-state index in [4.69, 9.17) is 0 Å². The molecule has 1 N–H and O–H groups in total. The number of rotatable bonds is 3. The van der Waals surface area contributed by atoms with Crippen molar-refractivity contribution in [3.8, 4) is 0 Å². The third kappa shape index (κ3) is 2.99. The van der Waals surface area contributed by atoms with E-state index in [-0.39, 0.29) is 11.9 Å². The van der Waals surface area contributed by atoms with Gasteiger partial charge in [0.15, 0.2) is 0 Å². The van der Waals surface area contributed by atoms with Crippen LogP contribution in [-0.2, 0) is 0 Å². The average molecular weight is 220 g/mol. The van der Waals surface area contributed by atoms with Crippen LogP contribution in [0, 0.1) is 6.92 Å². The van der Waals surface area contributed by atoms with Gasteiger partial charge in [0.25, 0.3) is 5.91 Å². The van der Waals surface area contributed by atoms with Gasteiger partial charge in [-0.2, -0.15) is 0 Å². The van der Waals surface area contributed by atoms with E-state index in [0.717, 1.165) is 16.8 Å². The summed E-state index contributed by atoms with van der Waals surface area (Å²) in [5.41, 5.74) is 2.97. The fraction of sp³-hybridized carbons (Fsp3) is 0.462. The number of nitrogens with one attached hydrogen (secondary N) is 1. The Morgan fingerprint density at radius 2 is 1.94 bits per heavy atom. The van der Waals surface area contributed by atoms with Crippen LogP contribution < -0.4 is 10.2 Å². The van der Waals surface area contributed by atoms with Gasteiger partial charge in [0.2, 0.25) is 0 Å². The molecular weight excluding hydrogens is 200 g/mol. The molecule has 0 heterocycles. The molecule has 0 radical (unpaired) electrons. The first kappa shape index (κ1) is 12.6. The summed E-state index contributed by atoms with van der Waals surface area (Å²) in [7, 11) is 3.99. The smallest absolute Gasteiger partial charge is 0.251 e. The van der Waals surface area contributed by atoms with E-state index in [0.29, 0.717) is 0 Å². The lowest BCUT2D eigenvalue weighted by Gasteiger charge is -2.16. The minimum atomic E-state index is -0.0107. The van der Waals surface area contributed by atoms with Gasteiger partial charge in [-0.25, -0.2) is 0 Å². The van der Waals surface area contributed by atoms with E-state index in [9.17, 15) is 4.79 Å². The third-order valence-electron chi connectivity index (χ3n) is 2.36. The molecule has 0 atom stereocenters. The van der Waals surface area contributed by atoms with Crippen molar-refractivity contribution >= 4 is 11.6 Å². The molecule has 1 aromatic carbocycles. The minimum Gasteiger partial charge on any atom is -0.377 e. The second-order valence-corrected chi connectivity index (χ2v) is 4.52. The summed E-state index contributed by atoms with van der Waals surface area (Å²) in [6, 6.07) is 5.93. The van der Waals surface area contributed by atoms with Gasteiger partial charge in [-0.1, -0.05) is 0 Å². The number of amides is 1. The van der Waals surface area contributed by atoms with Crippen molar-refractivity contribution in [1.82, 2.24) is 5.32 Å². The molecule has 0 saturated carbocycles. The molecule has 0 aromatic heterocycles. The largest absolute Gasteiger partial charge is 0.377 e. The summed E-state index contributed by atoms with van der Waals surface area (Å²) in [5, 5.41) is 2.88. The predicted molar refractivity (Wildman–Crippen MR) is 68.1 cm³/mol. The first-order chi connectivity index (χ1) is 7.41. The Hall–Kier alpha value is -1.51. The lowest BCUT2D eigenvalue weighted by Crippen LogP contribution is -2.30. The third-order valence-corrected chi connectivity index (χ3v) is 2.36. The van der Waals surface area contributed by atoms with Crippen LogP contribution >= 0.6 is 0 Å². The van der Waals surface area contributed by atoms with E-state index >= 15 is 0 Å². The molecule has 88 valence electrons. The zero-order valence-electron chi connectivity index (χ0n) is 10.7. The van der Waals surface area contributed by atoms with Crippen LogP contribution in [0.3, 0.4) is 0 Å². The van der Waals surface area contributed by atoms with E-state index < -0.39 is 0 Å². The van der Waals surface area contributed by atoms with Gasteiger partial charge in [0.05, 0.1) is 0 Å². The van der Waals surface area contributed by atoms with Crippen LogP contribution in [0.4, 0.5) is 5.69 Å². The fourth-order valence-corrected chi connectivity index (χ4v) is 1.64. The summed E-state index contributed by atoms with van der Waals surface area (Å²) in [4.78, 5) is 13.8. The van der Waals surface area contributed by atoms with Crippen molar-refractivity contribution in [2.24, 2.45) is 0 Å². The number of carbonyl (C=O) groups excluding carboxylic acids is 1. The second-order valence-electron chi connectivity index (χ2n) is 4.52. The lowest BCUT2D eigenvalue weighted by molar-refractivity contribution is 0.0943. The van der Waals surface area contributed by atoms with Gasteiger partial charge in [0.1, 0.15) is 0 Å². The number of aryl methyl sites for hydroxylation is 1. The molecule has 0 spiro atoms. The highest BCUT2D eigenvalue weighted by Gasteiger charge is 2.09. The lowest BCUT2D eigenvalue weighted by atomic mass is 10.1. The highest BCUT2D eigenvalue weighted by molar-refractivity contribution is 5.95. The standard InChI is InChI=1S/C13H20N2O/c1-9(2)14-13(16)11-6-7-12(15(4)5)10(3)8-11/h6-9H,1-5H3,(H,14,16). The van der Waals surface area contributed by atoms with Crippen LogP contribution in [0.1, 0.15) is 29.8 Å². The summed E-state index contributed by atoms with van der Waals surface area (Å²) in [5.74, 6) is -0.0107. The molecule has 1 aromatic rings. The SMILES string of the molecule is Cc1cc(C(=O)NC(C)C)ccc1N(C)C. The summed E-state index contributed by atoms with van der Waals surface area (Å²) in [6.07, 6.45) is 0. The van der Waals surface area contributed by atoms with Crippen molar-refractivity contribution in [3.05, 3.63) is 29.3 Å². The van der Waals surface area contributed by atoms with Gasteiger partial charge in [-0.05, 0) is 44.5 Å². The van der Waals surface area contributed by atoms with Gasteiger partial charge < -0.3 is 10.2 Å². The number of benzene rings is 1. The van der Waals surface area contributed by atoms with Crippen LogP contribution in [0.2, 0.25) is 0 Å². The second kappa shape index (κ2) is 5.01. The van der Waals surface area contributed by atoms with Gasteiger partial charge in [-0.15, -0.1) is 0 Å². The Morgan fingerprint density at radius 3 is 2.38 bits per heavy atom. The molecule has 0 bridgehead atoms. The molecule has 0 aliphatic carbocycles. The normalized spacial score (nSPS) is 10.4. The van der Waals surface area contributed by atoms with Crippen molar-refractivity contribution in [2.45, 2.75) is 26.8 Å². The molecule has 3 nitrogen and oxygen atoms in total. The Bertz CT molecular complexity index is 384. The van der Waals surface area contributed by atoms with E-state index in [1.807, 2.05) is 58.0 Å². The molecule has 1 amide bonds. The van der Waals surface area contributed by atoms with E-state index in [1.165, 1.54) is 0 Å². The van der Waals surface area contributed by atoms with Crippen molar-refractivity contribution in [2.75, 3.05) is 19.0 Å². The first-order valence-corrected chi connectivity index (χ1v) is 5.50. The Balaban J connectivity index is 2.93. The highest BCUT2D eigenvalue weighted by Crippen LogP contribution is 2.18. The molecular formula is C13H20N2O. The maximum absolute atomic E-state index is 11.8. The Labute approximate surface area is 97.5 Å². The Kier molecular flexibility index (Phi) is 3.93. The van der Waals surface area contributed by atoms with E-state index in [2.05, 4.69) is 5.32 Å². The summed E-state index contributed by atoms with van der Waals surface area (Å²) >= 11 is 0. The topological polar surface area (TPSA) is 32.3 Å². The number of hydrogen-bond donors (Lipinski definition) is 1. The maximum Gasteiger partial charge on any atom is 0.251 e. The molecule has 0 saturated heterocycles.